The number of alkyl carbamates (subject to hydrolysis) is 1. The topological polar surface area (TPSA) is 132 Å². The number of Topliss-reactive ketones (excluding diaryl/α,β-unsaturated/α-hetero) is 1. The smallest absolute Gasteiger partial charge is 0.407 e. The maximum absolute atomic E-state index is 13.1. The van der Waals surface area contributed by atoms with Crippen LogP contribution >= 0.6 is 0 Å². The maximum atomic E-state index is 13.1. The molecule has 0 saturated heterocycles. The Kier molecular flexibility index (Phi) is 12.8. The molecule has 3 N–H and O–H groups in total. The van der Waals surface area contributed by atoms with E-state index in [2.05, 4.69) is 16.0 Å². The van der Waals surface area contributed by atoms with E-state index in [4.69, 9.17) is 14.2 Å². The molecule has 0 heterocycles. The van der Waals surface area contributed by atoms with E-state index in [1.165, 1.54) is 14.2 Å². The number of nitrogens with one attached hydrogen (secondary N) is 3. The maximum Gasteiger partial charge on any atom is 0.407 e. The Hall–Kier alpha value is -4.08. The van der Waals surface area contributed by atoms with Gasteiger partial charge in [0.25, 0.3) is 5.91 Å². The Balaban J connectivity index is 1.93. The van der Waals surface area contributed by atoms with Gasteiger partial charge in [-0.25, -0.2) is 4.79 Å². The van der Waals surface area contributed by atoms with Crippen LogP contribution in [0, 0.1) is 11.8 Å². The molecule has 2 aromatic carbocycles. The van der Waals surface area contributed by atoms with E-state index in [9.17, 15) is 19.2 Å². The highest BCUT2D eigenvalue weighted by Crippen LogP contribution is 2.22. The van der Waals surface area contributed by atoms with E-state index < -0.39 is 35.7 Å². The van der Waals surface area contributed by atoms with Gasteiger partial charge in [0, 0.05) is 19.2 Å². The van der Waals surface area contributed by atoms with Crippen LogP contribution in [0.1, 0.15) is 44.7 Å². The van der Waals surface area contributed by atoms with Crippen molar-refractivity contribution in [2.75, 3.05) is 20.8 Å². The summed E-state index contributed by atoms with van der Waals surface area (Å²) in [7, 11) is 3.04. The number of rotatable bonds is 15. The Bertz CT molecular complexity index is 1080. The van der Waals surface area contributed by atoms with Crippen molar-refractivity contribution in [3.8, 4) is 11.5 Å². The summed E-state index contributed by atoms with van der Waals surface area (Å²) < 4.78 is 15.7. The van der Waals surface area contributed by atoms with Crippen molar-refractivity contribution in [1.29, 1.82) is 0 Å². The van der Waals surface area contributed by atoms with Crippen molar-refractivity contribution < 1.29 is 33.4 Å². The van der Waals surface area contributed by atoms with Gasteiger partial charge in [-0.2, -0.15) is 0 Å². The summed E-state index contributed by atoms with van der Waals surface area (Å²) in [6.07, 6.45) is 0.0580. The van der Waals surface area contributed by atoms with E-state index in [0.29, 0.717) is 23.5 Å². The van der Waals surface area contributed by atoms with Gasteiger partial charge in [-0.15, -0.1) is 0 Å². The van der Waals surface area contributed by atoms with Gasteiger partial charge in [-0.3, -0.25) is 14.4 Å². The number of carbonyl (C=O) groups excluding carboxylic acids is 4. The minimum atomic E-state index is -1.00. The van der Waals surface area contributed by atoms with Crippen molar-refractivity contribution in [2.24, 2.45) is 11.8 Å². The minimum Gasteiger partial charge on any atom is -0.497 e. The van der Waals surface area contributed by atoms with Crippen molar-refractivity contribution in [2.45, 2.75) is 52.8 Å². The first-order valence-corrected chi connectivity index (χ1v) is 13.0. The average molecular weight is 542 g/mol. The summed E-state index contributed by atoms with van der Waals surface area (Å²) in [5.41, 5.74) is 1.53. The van der Waals surface area contributed by atoms with Gasteiger partial charge in [0.15, 0.2) is 0 Å². The normalized spacial score (nSPS) is 12.2. The van der Waals surface area contributed by atoms with Crippen molar-refractivity contribution in [3.05, 3.63) is 59.7 Å². The molecule has 0 aromatic heterocycles. The van der Waals surface area contributed by atoms with Crippen LogP contribution in [0.5, 0.6) is 11.5 Å². The lowest BCUT2D eigenvalue weighted by Gasteiger charge is -2.22. The standard InChI is InChI=1S/C29H39N3O7/c1-6-25(26(33)28(35)30-16-21-13-23(37-4)15-24(14-21)38-5)32-27(34)22(12-19(2)3)17-31-29(36)39-18-20-10-8-7-9-11-20/h7-11,13-15,19,22,25H,6,12,16-18H2,1-5H3,(H,30,35)(H,31,36)(H,32,34)/t22-,25?/m0/s1. The number of methoxy groups -OCH3 is 2. The summed E-state index contributed by atoms with van der Waals surface area (Å²) >= 11 is 0. The van der Waals surface area contributed by atoms with E-state index >= 15 is 0 Å². The molecule has 10 nitrogen and oxygen atoms in total. The lowest BCUT2D eigenvalue weighted by molar-refractivity contribution is -0.140. The fourth-order valence-electron chi connectivity index (χ4n) is 3.87. The Morgan fingerprint density at radius 1 is 0.872 bits per heavy atom. The SMILES string of the molecule is CCC(NC(=O)[C@H](CNC(=O)OCc1ccccc1)CC(C)C)C(=O)C(=O)NCc1cc(OC)cc(OC)c1. The molecule has 0 bridgehead atoms. The van der Waals surface area contributed by atoms with Gasteiger partial charge in [-0.1, -0.05) is 51.1 Å². The summed E-state index contributed by atoms with van der Waals surface area (Å²) in [4.78, 5) is 50.7. The third-order valence-corrected chi connectivity index (χ3v) is 5.96. The quantitative estimate of drug-likeness (QED) is 0.295. The highest BCUT2D eigenvalue weighted by Gasteiger charge is 2.29. The van der Waals surface area contributed by atoms with Crippen LogP contribution in [0.3, 0.4) is 0 Å². The number of benzene rings is 2. The minimum absolute atomic E-state index is 0.0339. The van der Waals surface area contributed by atoms with E-state index in [-0.39, 0.29) is 32.0 Å². The molecule has 10 heteroatoms. The molecule has 0 radical (unpaired) electrons. The molecule has 212 valence electrons. The van der Waals surface area contributed by atoms with Crippen LogP contribution in [-0.4, -0.2) is 50.5 Å². The Morgan fingerprint density at radius 2 is 1.51 bits per heavy atom. The van der Waals surface area contributed by atoms with Gasteiger partial charge < -0.3 is 30.2 Å². The molecule has 39 heavy (non-hydrogen) atoms. The predicted octanol–water partition coefficient (Wildman–Crippen LogP) is 3.37. The fraction of sp³-hybridized carbons (Fsp3) is 0.448. The molecule has 0 aliphatic heterocycles. The second kappa shape index (κ2) is 16.0. The van der Waals surface area contributed by atoms with E-state index in [0.717, 1.165) is 5.56 Å². The number of ether oxygens (including phenoxy) is 3. The van der Waals surface area contributed by atoms with Crippen LogP contribution in [0.15, 0.2) is 48.5 Å². The third-order valence-electron chi connectivity index (χ3n) is 5.96. The highest BCUT2D eigenvalue weighted by atomic mass is 16.5. The number of carbonyl (C=O) groups is 4. The largest absolute Gasteiger partial charge is 0.497 e. The first-order chi connectivity index (χ1) is 18.7. The molecule has 0 aliphatic rings. The molecule has 2 atom stereocenters. The molecule has 0 spiro atoms. The van der Waals surface area contributed by atoms with E-state index in [1.54, 1.807) is 25.1 Å². The van der Waals surface area contributed by atoms with Crippen LogP contribution in [0.4, 0.5) is 4.79 Å². The monoisotopic (exact) mass is 541 g/mol. The van der Waals surface area contributed by atoms with E-state index in [1.807, 2.05) is 44.2 Å². The predicted molar refractivity (Wildman–Crippen MR) is 146 cm³/mol. The summed E-state index contributed by atoms with van der Waals surface area (Å²) in [5, 5.41) is 7.91. The highest BCUT2D eigenvalue weighted by molar-refractivity contribution is 6.38. The Morgan fingerprint density at radius 3 is 2.08 bits per heavy atom. The molecule has 0 fully saturated rings. The second-order valence-corrected chi connectivity index (χ2v) is 9.51. The van der Waals surface area contributed by atoms with Crippen molar-refractivity contribution in [3.63, 3.8) is 0 Å². The summed E-state index contributed by atoms with van der Waals surface area (Å²) in [6, 6.07) is 13.4. The van der Waals surface area contributed by atoms with Crippen LogP contribution in [0.2, 0.25) is 0 Å². The van der Waals surface area contributed by atoms with Crippen LogP contribution < -0.4 is 25.4 Å². The van der Waals surface area contributed by atoms with Gasteiger partial charge in [0.2, 0.25) is 11.7 Å². The zero-order valence-corrected chi connectivity index (χ0v) is 23.2. The summed E-state index contributed by atoms with van der Waals surface area (Å²) in [6.45, 7) is 5.84. The zero-order valence-electron chi connectivity index (χ0n) is 23.2. The average Bonchev–Trinajstić information content (AvgIpc) is 2.95. The number of ketones is 1. The molecule has 0 aliphatic carbocycles. The molecular weight excluding hydrogens is 502 g/mol. The van der Waals surface area contributed by atoms with Gasteiger partial charge in [0.1, 0.15) is 18.1 Å². The zero-order chi connectivity index (χ0) is 28.8. The number of hydrogen-bond donors (Lipinski definition) is 3. The number of amides is 3. The van der Waals surface area contributed by atoms with Crippen LogP contribution in [-0.2, 0) is 32.3 Å². The molecule has 0 saturated carbocycles. The van der Waals surface area contributed by atoms with Gasteiger partial charge in [0.05, 0.1) is 26.2 Å². The first-order valence-electron chi connectivity index (χ1n) is 13.0. The van der Waals surface area contributed by atoms with Crippen molar-refractivity contribution in [1.82, 2.24) is 16.0 Å². The molecule has 3 amide bonds. The van der Waals surface area contributed by atoms with Crippen molar-refractivity contribution >= 4 is 23.7 Å². The summed E-state index contributed by atoms with van der Waals surface area (Å²) in [5.74, 6) is -1.33. The molecule has 2 rings (SSSR count). The molecule has 2 aromatic rings. The molecular formula is C29H39N3O7. The van der Waals surface area contributed by atoms with Gasteiger partial charge >= 0.3 is 6.09 Å². The van der Waals surface area contributed by atoms with Crippen LogP contribution in [0.25, 0.3) is 0 Å². The Labute approximate surface area is 229 Å². The molecule has 1 unspecified atom stereocenters. The fourth-order valence-corrected chi connectivity index (χ4v) is 3.87. The van der Waals surface area contributed by atoms with Gasteiger partial charge in [-0.05, 0) is 42.0 Å². The lowest BCUT2D eigenvalue weighted by Crippen LogP contribution is -2.50. The first kappa shape index (κ1) is 31.1. The lowest BCUT2D eigenvalue weighted by atomic mass is 9.95. The second-order valence-electron chi connectivity index (χ2n) is 9.51. The number of hydrogen-bond acceptors (Lipinski definition) is 7. The third kappa shape index (κ3) is 10.7.